The van der Waals surface area contributed by atoms with Crippen LogP contribution in [0.2, 0.25) is 0 Å². The highest BCUT2D eigenvalue weighted by molar-refractivity contribution is 6.21. The molecular formula is C15H16ClN. The molecule has 1 aliphatic rings. The summed E-state index contributed by atoms with van der Waals surface area (Å²) in [5.74, 6) is 0.782. The summed E-state index contributed by atoms with van der Waals surface area (Å²) in [5.41, 5.74) is 1.38. The zero-order valence-corrected chi connectivity index (χ0v) is 10.5. The molecule has 1 saturated carbocycles. The van der Waals surface area contributed by atoms with Crippen LogP contribution in [0.15, 0.2) is 36.7 Å². The topological polar surface area (TPSA) is 12.9 Å². The van der Waals surface area contributed by atoms with Crippen LogP contribution in [-0.4, -0.2) is 10.4 Å². The van der Waals surface area contributed by atoms with Gasteiger partial charge in [-0.15, -0.1) is 11.6 Å². The fourth-order valence-corrected chi connectivity index (χ4v) is 2.74. The van der Waals surface area contributed by atoms with E-state index in [-0.39, 0.29) is 0 Å². The molecule has 0 N–H and O–H groups in total. The van der Waals surface area contributed by atoms with Gasteiger partial charge in [0, 0.05) is 23.2 Å². The molecule has 0 spiro atoms. The highest BCUT2D eigenvalue weighted by atomic mass is 35.5. The van der Waals surface area contributed by atoms with Gasteiger partial charge in [-0.2, -0.15) is 0 Å². The fourth-order valence-electron chi connectivity index (χ4n) is 2.38. The van der Waals surface area contributed by atoms with Crippen LogP contribution in [0.4, 0.5) is 0 Å². The Bertz CT molecular complexity index is 514. The first kappa shape index (κ1) is 11.0. The Labute approximate surface area is 107 Å². The van der Waals surface area contributed by atoms with Crippen LogP contribution in [0.5, 0.6) is 0 Å². The van der Waals surface area contributed by atoms with Gasteiger partial charge in [0.05, 0.1) is 0 Å². The molecule has 3 rings (SSSR count). The number of alkyl halides is 1. The van der Waals surface area contributed by atoms with Gasteiger partial charge in [0.1, 0.15) is 0 Å². The van der Waals surface area contributed by atoms with E-state index in [0.717, 1.165) is 18.8 Å². The number of aromatic nitrogens is 1. The minimum absolute atomic E-state index is 0.363. The predicted molar refractivity (Wildman–Crippen MR) is 72.4 cm³/mol. The maximum Gasteiger partial charge on any atom is 0.0367 e. The van der Waals surface area contributed by atoms with E-state index in [9.17, 15) is 0 Å². The Hall–Kier alpha value is -1.08. The van der Waals surface area contributed by atoms with Crippen LogP contribution in [0.25, 0.3) is 10.8 Å². The predicted octanol–water partition coefficient (Wildman–Crippen LogP) is 4.18. The molecule has 88 valence electrons. The lowest BCUT2D eigenvalue weighted by molar-refractivity contribution is 0.678. The molecule has 0 bridgehead atoms. The normalized spacial score (nSPS) is 17.2. The number of hydrogen-bond donors (Lipinski definition) is 0. The van der Waals surface area contributed by atoms with E-state index in [2.05, 4.69) is 29.2 Å². The zero-order valence-electron chi connectivity index (χ0n) is 9.77. The quantitative estimate of drug-likeness (QED) is 0.737. The Morgan fingerprint density at radius 1 is 1.29 bits per heavy atom. The first-order valence-corrected chi connectivity index (χ1v) is 6.74. The lowest BCUT2D eigenvalue weighted by atomic mass is 10.0. The number of nitrogens with zero attached hydrogens (tertiary/aromatic N) is 1. The Morgan fingerprint density at radius 2 is 2.18 bits per heavy atom. The summed E-state index contributed by atoms with van der Waals surface area (Å²) >= 11 is 6.36. The molecule has 1 heterocycles. The van der Waals surface area contributed by atoms with Crippen molar-refractivity contribution in [2.45, 2.75) is 31.1 Å². The van der Waals surface area contributed by atoms with Crippen molar-refractivity contribution < 1.29 is 0 Å². The highest BCUT2D eigenvalue weighted by Gasteiger charge is 2.29. The van der Waals surface area contributed by atoms with E-state index in [1.165, 1.54) is 29.2 Å². The van der Waals surface area contributed by atoms with Gasteiger partial charge in [-0.25, -0.2) is 0 Å². The van der Waals surface area contributed by atoms with Crippen molar-refractivity contribution in [2.24, 2.45) is 5.92 Å². The average molecular weight is 246 g/mol. The molecule has 17 heavy (non-hydrogen) atoms. The zero-order chi connectivity index (χ0) is 11.7. The average Bonchev–Trinajstić information content (AvgIpc) is 3.20. The lowest BCUT2D eigenvalue weighted by Gasteiger charge is -2.09. The van der Waals surface area contributed by atoms with Crippen LogP contribution >= 0.6 is 11.6 Å². The number of fused-ring (bicyclic) bond motifs is 1. The van der Waals surface area contributed by atoms with Gasteiger partial charge in [0.15, 0.2) is 0 Å². The Kier molecular flexibility index (Phi) is 3.02. The summed E-state index contributed by atoms with van der Waals surface area (Å²) in [7, 11) is 0. The van der Waals surface area contributed by atoms with Crippen LogP contribution in [0, 0.1) is 5.92 Å². The van der Waals surface area contributed by atoms with Crippen LogP contribution in [-0.2, 0) is 6.42 Å². The molecule has 1 nitrogen and oxygen atoms in total. The molecule has 1 aromatic carbocycles. The number of halogens is 1. The third-order valence-electron chi connectivity index (χ3n) is 3.60. The van der Waals surface area contributed by atoms with Gasteiger partial charge in [-0.1, -0.05) is 18.2 Å². The second-order valence-corrected chi connectivity index (χ2v) is 5.47. The molecule has 2 aromatic rings. The van der Waals surface area contributed by atoms with E-state index in [4.69, 9.17) is 11.6 Å². The van der Waals surface area contributed by atoms with E-state index in [0.29, 0.717) is 5.38 Å². The molecule has 1 unspecified atom stereocenters. The van der Waals surface area contributed by atoms with Crippen molar-refractivity contribution in [3.8, 4) is 0 Å². The van der Waals surface area contributed by atoms with Crippen molar-refractivity contribution in [3.05, 3.63) is 42.2 Å². The van der Waals surface area contributed by atoms with Gasteiger partial charge in [0.2, 0.25) is 0 Å². The van der Waals surface area contributed by atoms with E-state index < -0.39 is 0 Å². The van der Waals surface area contributed by atoms with Gasteiger partial charge in [-0.3, -0.25) is 4.98 Å². The monoisotopic (exact) mass is 245 g/mol. The lowest BCUT2D eigenvalue weighted by Crippen LogP contribution is -2.03. The summed E-state index contributed by atoms with van der Waals surface area (Å²) in [6.45, 7) is 0. The number of hydrogen-bond acceptors (Lipinski definition) is 1. The first-order chi connectivity index (χ1) is 8.34. The summed E-state index contributed by atoms with van der Waals surface area (Å²) in [4.78, 5) is 4.22. The van der Waals surface area contributed by atoms with Crippen molar-refractivity contribution in [2.75, 3.05) is 0 Å². The maximum atomic E-state index is 6.36. The summed E-state index contributed by atoms with van der Waals surface area (Å²) in [6, 6.07) is 8.52. The van der Waals surface area contributed by atoms with Gasteiger partial charge in [0.25, 0.3) is 0 Å². The third kappa shape index (κ3) is 2.44. The minimum atomic E-state index is 0.363. The molecule has 0 saturated heterocycles. The van der Waals surface area contributed by atoms with Gasteiger partial charge < -0.3 is 0 Å². The molecule has 1 atom stereocenters. The summed E-state index contributed by atoms with van der Waals surface area (Å²) in [5, 5.41) is 2.91. The van der Waals surface area contributed by atoms with Crippen molar-refractivity contribution in [1.29, 1.82) is 0 Å². The number of rotatable bonds is 4. The molecule has 0 amide bonds. The van der Waals surface area contributed by atoms with E-state index >= 15 is 0 Å². The maximum absolute atomic E-state index is 6.36. The SMILES string of the molecule is ClC(CCc1cccc2ccncc12)C1CC1. The second kappa shape index (κ2) is 4.66. The van der Waals surface area contributed by atoms with Crippen molar-refractivity contribution in [1.82, 2.24) is 4.98 Å². The molecule has 1 aromatic heterocycles. The standard InChI is InChI=1S/C15H16ClN/c16-15(13-4-5-13)7-6-11-2-1-3-12-8-9-17-10-14(11)12/h1-3,8-10,13,15H,4-7H2. The summed E-state index contributed by atoms with van der Waals surface area (Å²) in [6.07, 6.45) is 8.61. The second-order valence-electron chi connectivity index (χ2n) is 4.91. The molecule has 2 heteroatoms. The molecule has 1 fully saturated rings. The van der Waals surface area contributed by atoms with Crippen molar-refractivity contribution in [3.63, 3.8) is 0 Å². The highest BCUT2D eigenvalue weighted by Crippen LogP contribution is 2.37. The number of benzene rings is 1. The number of aryl methyl sites for hydroxylation is 1. The van der Waals surface area contributed by atoms with E-state index in [1.54, 1.807) is 0 Å². The third-order valence-corrected chi connectivity index (χ3v) is 4.17. The molecule has 1 aliphatic carbocycles. The fraction of sp³-hybridized carbons (Fsp3) is 0.400. The smallest absolute Gasteiger partial charge is 0.0367 e. The van der Waals surface area contributed by atoms with Gasteiger partial charge in [-0.05, 0) is 48.6 Å². The van der Waals surface area contributed by atoms with E-state index in [1.807, 2.05) is 12.4 Å². The molecule has 0 aliphatic heterocycles. The molecular weight excluding hydrogens is 230 g/mol. The minimum Gasteiger partial charge on any atom is -0.264 e. The summed E-state index contributed by atoms with van der Waals surface area (Å²) < 4.78 is 0. The van der Waals surface area contributed by atoms with Crippen molar-refractivity contribution >= 4 is 22.4 Å². The van der Waals surface area contributed by atoms with Crippen LogP contribution in [0.1, 0.15) is 24.8 Å². The van der Waals surface area contributed by atoms with Crippen LogP contribution in [0.3, 0.4) is 0 Å². The molecule has 0 radical (unpaired) electrons. The largest absolute Gasteiger partial charge is 0.264 e. The number of pyridine rings is 1. The van der Waals surface area contributed by atoms with Crippen LogP contribution < -0.4 is 0 Å². The van der Waals surface area contributed by atoms with Gasteiger partial charge >= 0.3 is 0 Å². The Morgan fingerprint density at radius 3 is 3.00 bits per heavy atom. The first-order valence-electron chi connectivity index (χ1n) is 6.30. The Balaban J connectivity index is 1.79.